The van der Waals surface area contributed by atoms with E-state index in [0.29, 0.717) is 10.6 Å². The van der Waals surface area contributed by atoms with Gasteiger partial charge in [0.1, 0.15) is 0 Å². The second kappa shape index (κ2) is 9.20. The number of carbonyl (C=O) groups excluding carboxylic acids is 1. The Bertz CT molecular complexity index is 844. The van der Waals surface area contributed by atoms with E-state index >= 15 is 0 Å². The molecule has 2 unspecified atom stereocenters. The maximum Gasteiger partial charge on any atom is 0.308 e. The number of rotatable bonds is 7. The standard InChI is InChI=1S/C15H14BrCl2NO6S/c1-7(20)24-15-12(21)13(8-2-3-10(17)11(18)6-8)25-14(15)9(16)4-5-19-26(22)23/h2-3,6,9,19,21H,4-5H2,1H3,(H,22,23)/p-1. The lowest BCUT2D eigenvalue weighted by Gasteiger charge is -2.11. The van der Waals surface area contributed by atoms with E-state index in [1.54, 1.807) is 6.07 Å². The molecular weight excluding hydrogens is 473 g/mol. The maximum absolute atomic E-state index is 11.4. The Morgan fingerprint density at radius 3 is 2.73 bits per heavy atom. The lowest BCUT2D eigenvalue weighted by Crippen LogP contribution is -2.18. The molecule has 1 heterocycles. The molecule has 142 valence electrons. The van der Waals surface area contributed by atoms with E-state index in [2.05, 4.69) is 20.7 Å². The molecule has 1 aromatic heterocycles. The second-order valence-electron chi connectivity index (χ2n) is 5.08. The number of hydrogen-bond donors (Lipinski definition) is 2. The molecule has 0 radical (unpaired) electrons. The van der Waals surface area contributed by atoms with Gasteiger partial charge in [0.25, 0.3) is 0 Å². The SMILES string of the molecule is CC(=O)Oc1c(C(Br)CCNS(=O)[O-])oc(-c2ccc(Cl)c(Cl)c2)c1O. The van der Waals surface area contributed by atoms with Crippen LogP contribution in [0.2, 0.25) is 10.0 Å². The molecule has 1 aromatic carbocycles. The molecule has 26 heavy (non-hydrogen) atoms. The van der Waals surface area contributed by atoms with Crippen molar-refractivity contribution in [3.05, 3.63) is 34.0 Å². The van der Waals surface area contributed by atoms with Crippen molar-refractivity contribution in [2.75, 3.05) is 6.54 Å². The minimum absolute atomic E-state index is 0.0413. The molecule has 0 saturated carbocycles. The van der Waals surface area contributed by atoms with Gasteiger partial charge in [0.05, 0.1) is 14.9 Å². The van der Waals surface area contributed by atoms with Gasteiger partial charge in [0.15, 0.2) is 11.5 Å². The summed E-state index contributed by atoms with van der Waals surface area (Å²) in [6, 6.07) is 4.61. The van der Waals surface area contributed by atoms with E-state index in [1.807, 2.05) is 0 Å². The molecule has 2 aromatic rings. The topological polar surface area (TPSA) is 112 Å². The van der Waals surface area contributed by atoms with Gasteiger partial charge in [-0.05, 0) is 24.6 Å². The first-order chi connectivity index (χ1) is 12.2. The Morgan fingerprint density at radius 2 is 2.15 bits per heavy atom. The number of furan rings is 1. The van der Waals surface area contributed by atoms with Crippen LogP contribution in [0, 0.1) is 0 Å². The third kappa shape index (κ3) is 5.21. The van der Waals surface area contributed by atoms with E-state index in [4.69, 9.17) is 32.4 Å². The molecule has 0 amide bonds. The van der Waals surface area contributed by atoms with Crippen molar-refractivity contribution in [1.29, 1.82) is 0 Å². The number of esters is 1. The first kappa shape index (κ1) is 21.2. The number of ether oxygens (including phenoxy) is 1. The third-order valence-corrected chi connectivity index (χ3v) is 5.25. The summed E-state index contributed by atoms with van der Waals surface area (Å²) in [4.78, 5) is 10.8. The fourth-order valence-electron chi connectivity index (χ4n) is 2.11. The Labute approximate surface area is 170 Å². The summed E-state index contributed by atoms with van der Waals surface area (Å²) in [6.07, 6.45) is 0.274. The van der Waals surface area contributed by atoms with Crippen molar-refractivity contribution in [3.63, 3.8) is 0 Å². The zero-order valence-electron chi connectivity index (χ0n) is 13.3. The molecule has 7 nitrogen and oxygen atoms in total. The Kier molecular flexibility index (Phi) is 7.51. The van der Waals surface area contributed by atoms with Crippen molar-refractivity contribution in [3.8, 4) is 22.8 Å². The number of halogens is 3. The van der Waals surface area contributed by atoms with Gasteiger partial charge in [-0.2, -0.15) is 0 Å². The lowest BCUT2D eigenvalue weighted by atomic mass is 10.1. The molecule has 2 N–H and O–H groups in total. The fraction of sp³-hybridized carbons (Fsp3) is 0.267. The van der Waals surface area contributed by atoms with Crippen LogP contribution in [0.3, 0.4) is 0 Å². The van der Waals surface area contributed by atoms with Crippen molar-refractivity contribution >= 4 is 56.4 Å². The van der Waals surface area contributed by atoms with Gasteiger partial charge >= 0.3 is 5.97 Å². The Balaban J connectivity index is 2.41. The largest absolute Gasteiger partial charge is 0.760 e. The van der Waals surface area contributed by atoms with Gasteiger partial charge < -0.3 is 18.8 Å². The molecule has 0 aliphatic heterocycles. The van der Waals surface area contributed by atoms with Crippen LogP contribution in [0.4, 0.5) is 0 Å². The minimum Gasteiger partial charge on any atom is -0.760 e. The van der Waals surface area contributed by atoms with Crippen molar-refractivity contribution in [1.82, 2.24) is 4.72 Å². The van der Waals surface area contributed by atoms with Gasteiger partial charge in [-0.15, -0.1) is 0 Å². The number of hydrogen-bond acceptors (Lipinski definition) is 6. The highest BCUT2D eigenvalue weighted by Gasteiger charge is 2.28. The monoisotopic (exact) mass is 484 g/mol. The summed E-state index contributed by atoms with van der Waals surface area (Å²) in [5.41, 5.74) is 0.426. The van der Waals surface area contributed by atoms with Crippen LogP contribution >= 0.6 is 39.1 Å². The van der Waals surface area contributed by atoms with Crippen LogP contribution in [-0.2, 0) is 16.1 Å². The van der Waals surface area contributed by atoms with Gasteiger partial charge in [0, 0.05) is 30.3 Å². The number of alkyl halides is 1. The summed E-state index contributed by atoms with van der Waals surface area (Å²) in [7, 11) is 0. The highest BCUT2D eigenvalue weighted by molar-refractivity contribution is 9.09. The normalized spacial score (nSPS) is 13.4. The Morgan fingerprint density at radius 1 is 1.46 bits per heavy atom. The van der Waals surface area contributed by atoms with Crippen LogP contribution in [0.1, 0.15) is 23.9 Å². The second-order valence-corrected chi connectivity index (χ2v) is 7.76. The zero-order valence-corrected chi connectivity index (χ0v) is 17.2. The summed E-state index contributed by atoms with van der Waals surface area (Å²) in [5.74, 6) is -1.000. The smallest absolute Gasteiger partial charge is 0.308 e. The van der Waals surface area contributed by atoms with E-state index in [-0.39, 0.29) is 41.0 Å². The molecule has 0 fully saturated rings. The quantitative estimate of drug-likeness (QED) is 0.347. The predicted molar refractivity (Wildman–Crippen MR) is 100 cm³/mol. The highest BCUT2D eigenvalue weighted by atomic mass is 79.9. The van der Waals surface area contributed by atoms with E-state index < -0.39 is 22.1 Å². The van der Waals surface area contributed by atoms with E-state index in [1.165, 1.54) is 19.1 Å². The summed E-state index contributed by atoms with van der Waals surface area (Å²) < 4.78 is 34.1. The van der Waals surface area contributed by atoms with Gasteiger partial charge in [-0.3, -0.25) is 9.00 Å². The number of aromatic hydroxyl groups is 1. The fourth-order valence-corrected chi connectivity index (χ4v) is 3.22. The Hall–Kier alpha value is -1.10. The molecule has 2 rings (SSSR count). The number of nitrogens with one attached hydrogen (secondary N) is 1. The van der Waals surface area contributed by atoms with Gasteiger partial charge in [0.2, 0.25) is 11.5 Å². The third-order valence-electron chi connectivity index (χ3n) is 3.20. The van der Waals surface area contributed by atoms with Gasteiger partial charge in [-0.1, -0.05) is 39.1 Å². The summed E-state index contributed by atoms with van der Waals surface area (Å²) >= 11 is 12.8. The lowest BCUT2D eigenvalue weighted by molar-refractivity contribution is -0.132. The molecular formula is C15H13BrCl2NO6S-. The van der Waals surface area contributed by atoms with Gasteiger partial charge in [-0.25, -0.2) is 4.72 Å². The van der Waals surface area contributed by atoms with Crippen LogP contribution in [0.15, 0.2) is 22.6 Å². The first-order valence-electron chi connectivity index (χ1n) is 7.17. The molecule has 2 atom stereocenters. The molecule has 0 aliphatic rings. The van der Waals surface area contributed by atoms with Crippen LogP contribution in [0.25, 0.3) is 11.3 Å². The summed E-state index contributed by atoms with van der Waals surface area (Å²) in [5, 5.41) is 11.0. The van der Waals surface area contributed by atoms with Crippen LogP contribution in [0.5, 0.6) is 11.5 Å². The predicted octanol–water partition coefficient (Wildman–Crippen LogP) is 4.09. The van der Waals surface area contributed by atoms with E-state index in [0.717, 1.165) is 0 Å². The molecule has 0 spiro atoms. The highest BCUT2D eigenvalue weighted by Crippen LogP contribution is 2.48. The molecule has 0 saturated heterocycles. The molecule has 0 bridgehead atoms. The maximum atomic E-state index is 11.4. The number of carbonyl (C=O) groups is 1. The minimum atomic E-state index is -2.40. The van der Waals surface area contributed by atoms with E-state index in [9.17, 15) is 18.7 Å². The average Bonchev–Trinajstić information content (AvgIpc) is 2.86. The van der Waals surface area contributed by atoms with Crippen LogP contribution < -0.4 is 9.46 Å². The van der Waals surface area contributed by atoms with Crippen molar-refractivity contribution in [2.45, 2.75) is 18.2 Å². The number of benzene rings is 1. The molecule has 0 aliphatic carbocycles. The zero-order chi connectivity index (χ0) is 19.4. The van der Waals surface area contributed by atoms with Crippen molar-refractivity contribution in [2.24, 2.45) is 0 Å². The van der Waals surface area contributed by atoms with Crippen molar-refractivity contribution < 1.29 is 27.8 Å². The van der Waals surface area contributed by atoms with Crippen LogP contribution in [-0.4, -0.2) is 26.4 Å². The first-order valence-corrected chi connectivity index (χ1v) is 9.91. The molecule has 11 heteroatoms. The summed E-state index contributed by atoms with van der Waals surface area (Å²) in [6.45, 7) is 1.29. The average molecular weight is 486 g/mol.